The Hall–Kier alpha value is -4.59. The lowest BCUT2D eigenvalue weighted by atomic mass is 9.78. The SMILES string of the molecule is CCCN1Cc2c3c(O)c4c(O)c(C)c5c(c4c2O)C(=O)C(C)(O/C=C\C(OC)C(C)C(OC(C)=O)C(C)C(O)C(C)C(O)C(C)/C=C/C=C(/C)C1=N3)O5. The van der Waals surface area contributed by atoms with Crippen molar-refractivity contribution in [1.82, 2.24) is 4.90 Å². The number of aliphatic imine (C=N–C) groups is 1. The van der Waals surface area contributed by atoms with Crippen LogP contribution in [0.4, 0.5) is 5.69 Å². The van der Waals surface area contributed by atoms with Gasteiger partial charge in [-0.3, -0.25) is 9.59 Å². The fourth-order valence-corrected chi connectivity index (χ4v) is 7.93. The Morgan fingerprint density at radius 3 is 2.31 bits per heavy atom. The van der Waals surface area contributed by atoms with E-state index in [2.05, 4.69) is 0 Å². The van der Waals surface area contributed by atoms with Crippen molar-refractivity contribution in [3.05, 3.63) is 52.8 Å². The van der Waals surface area contributed by atoms with E-state index in [-0.39, 0.29) is 62.9 Å². The Morgan fingerprint density at radius 1 is 1.00 bits per heavy atom. The minimum absolute atomic E-state index is 0.00280. The number of nitrogens with zero attached hydrogens (tertiary/aromatic N) is 2. The minimum atomic E-state index is -1.95. The molecule has 7 bridgehead atoms. The smallest absolute Gasteiger partial charge is 0.312 e. The van der Waals surface area contributed by atoms with E-state index in [1.165, 1.54) is 40.2 Å². The number of phenols is 3. The van der Waals surface area contributed by atoms with Crippen molar-refractivity contribution < 1.29 is 54.1 Å². The van der Waals surface area contributed by atoms with Gasteiger partial charge in [-0.1, -0.05) is 52.8 Å². The number of carbonyl (C=O) groups is 2. The molecule has 13 nitrogen and oxygen atoms in total. The summed E-state index contributed by atoms with van der Waals surface area (Å²) in [4.78, 5) is 33.4. The highest BCUT2D eigenvalue weighted by molar-refractivity contribution is 6.21. The van der Waals surface area contributed by atoms with Gasteiger partial charge in [0.15, 0.2) is 5.75 Å². The number of Topliss-reactive ketones (excluding diaryl/α,β-unsaturated/α-hetero) is 1. The molecule has 5 heterocycles. The summed E-state index contributed by atoms with van der Waals surface area (Å²) >= 11 is 0. The van der Waals surface area contributed by atoms with Gasteiger partial charge in [0.1, 0.15) is 34.9 Å². The summed E-state index contributed by atoms with van der Waals surface area (Å²) in [7, 11) is 1.46. The maximum atomic E-state index is 14.3. The van der Waals surface area contributed by atoms with Gasteiger partial charge in [0, 0.05) is 67.7 Å². The molecule has 0 aromatic heterocycles. The van der Waals surface area contributed by atoms with Gasteiger partial charge in [-0.25, -0.2) is 4.99 Å². The van der Waals surface area contributed by atoms with E-state index < -0.39 is 65.5 Å². The van der Waals surface area contributed by atoms with Crippen LogP contribution in [0.25, 0.3) is 10.8 Å². The van der Waals surface area contributed by atoms with Crippen molar-refractivity contribution in [2.24, 2.45) is 28.7 Å². The van der Waals surface area contributed by atoms with E-state index in [1.54, 1.807) is 26.8 Å². The monoisotopic (exact) mass is 750 g/mol. The van der Waals surface area contributed by atoms with Crippen molar-refractivity contribution in [1.29, 1.82) is 0 Å². The molecule has 0 amide bonds. The van der Waals surface area contributed by atoms with Gasteiger partial charge in [0.25, 0.3) is 5.78 Å². The lowest BCUT2D eigenvalue weighted by Crippen LogP contribution is -2.46. The first-order valence-corrected chi connectivity index (χ1v) is 18.5. The number of aliphatic hydroxyl groups is 2. The van der Waals surface area contributed by atoms with Crippen LogP contribution in [0.1, 0.15) is 83.3 Å². The lowest BCUT2D eigenvalue weighted by Gasteiger charge is -2.38. The Kier molecular flexibility index (Phi) is 11.8. The average molecular weight is 751 g/mol. The molecule has 13 heteroatoms. The second-order valence-corrected chi connectivity index (χ2v) is 15.1. The third-order valence-corrected chi connectivity index (χ3v) is 11.2. The number of allylic oxidation sites excluding steroid dienone is 2. The van der Waals surface area contributed by atoms with Gasteiger partial charge in [-0.15, -0.1) is 0 Å². The molecule has 54 heavy (non-hydrogen) atoms. The first-order chi connectivity index (χ1) is 25.4. The average Bonchev–Trinajstić information content (AvgIpc) is 3.40. The second-order valence-electron chi connectivity index (χ2n) is 15.1. The molecule has 294 valence electrons. The van der Waals surface area contributed by atoms with Crippen LogP contribution in [0.3, 0.4) is 0 Å². The van der Waals surface area contributed by atoms with Crippen LogP contribution in [0.2, 0.25) is 0 Å². The quantitative estimate of drug-likeness (QED) is 0.180. The number of rotatable bonds is 4. The number of fused-ring (bicyclic) bond motifs is 1. The molecule has 9 unspecified atom stereocenters. The number of aliphatic hydroxyl groups excluding tert-OH is 2. The van der Waals surface area contributed by atoms with E-state index in [0.717, 1.165) is 12.0 Å². The lowest BCUT2D eigenvalue weighted by molar-refractivity contribution is -0.160. The molecule has 0 radical (unpaired) electrons. The van der Waals surface area contributed by atoms with Crippen LogP contribution in [0.5, 0.6) is 23.0 Å². The molecule has 5 aliphatic heterocycles. The molecule has 9 atom stereocenters. The largest absolute Gasteiger partial charge is 0.507 e. The Balaban J connectivity index is 1.72. The van der Waals surface area contributed by atoms with Crippen molar-refractivity contribution >= 4 is 34.0 Å². The van der Waals surface area contributed by atoms with E-state index >= 15 is 0 Å². The Labute approximate surface area is 316 Å². The zero-order chi connectivity index (χ0) is 40.0. The number of amidine groups is 1. The van der Waals surface area contributed by atoms with Gasteiger partial charge in [0.2, 0.25) is 0 Å². The normalized spacial score (nSPS) is 32.5. The third-order valence-electron chi connectivity index (χ3n) is 11.2. The van der Waals surface area contributed by atoms with Crippen LogP contribution in [0.15, 0.2) is 41.1 Å². The number of aromatic hydroxyl groups is 3. The maximum absolute atomic E-state index is 14.3. The molecule has 5 aliphatic rings. The van der Waals surface area contributed by atoms with Crippen LogP contribution in [-0.4, -0.2) is 91.9 Å². The molecule has 7 rings (SSSR count). The number of benzene rings is 2. The predicted molar refractivity (Wildman–Crippen MR) is 203 cm³/mol. The maximum Gasteiger partial charge on any atom is 0.312 e. The molecule has 0 spiro atoms. The Bertz CT molecular complexity index is 1930. The molecule has 2 aromatic carbocycles. The molecular weight excluding hydrogens is 696 g/mol. The molecule has 0 saturated carbocycles. The summed E-state index contributed by atoms with van der Waals surface area (Å²) < 4.78 is 23.6. The van der Waals surface area contributed by atoms with Crippen LogP contribution >= 0.6 is 0 Å². The van der Waals surface area contributed by atoms with Gasteiger partial charge in [-0.05, 0) is 31.9 Å². The minimum Gasteiger partial charge on any atom is -0.507 e. The van der Waals surface area contributed by atoms with Gasteiger partial charge in [-0.2, -0.15) is 0 Å². The van der Waals surface area contributed by atoms with E-state index in [0.29, 0.717) is 12.4 Å². The predicted octanol–water partition coefficient (Wildman–Crippen LogP) is 6.07. The summed E-state index contributed by atoms with van der Waals surface area (Å²) in [5.74, 6) is -5.93. The zero-order valence-electron chi connectivity index (χ0n) is 32.7. The highest BCUT2D eigenvalue weighted by atomic mass is 16.7. The zero-order valence-corrected chi connectivity index (χ0v) is 32.7. The van der Waals surface area contributed by atoms with Gasteiger partial charge < -0.3 is 49.4 Å². The number of methoxy groups -OCH3 is 1. The third kappa shape index (κ3) is 7.04. The van der Waals surface area contributed by atoms with Crippen molar-refractivity contribution in [2.45, 2.75) is 105 Å². The summed E-state index contributed by atoms with van der Waals surface area (Å²) in [6, 6.07) is 0. The summed E-state index contributed by atoms with van der Waals surface area (Å²) in [6.07, 6.45) is 5.33. The first kappa shape index (κ1) is 40.6. The van der Waals surface area contributed by atoms with Crippen LogP contribution in [-0.2, 0) is 25.5 Å². The second kappa shape index (κ2) is 15.6. The molecular formula is C41H54N2O11. The topological polar surface area (TPSA) is 188 Å². The van der Waals surface area contributed by atoms with E-state index in [1.807, 2.05) is 37.8 Å². The van der Waals surface area contributed by atoms with Crippen molar-refractivity contribution in [3.8, 4) is 23.0 Å². The fraction of sp³-hybridized carbons (Fsp3) is 0.537. The number of carbonyl (C=O) groups excluding carboxylic acids is 2. The molecule has 0 fully saturated rings. The number of phenolic OH excluding ortho intramolecular Hbond substituents is 3. The number of hydrogen-bond acceptors (Lipinski definition) is 13. The summed E-state index contributed by atoms with van der Waals surface area (Å²) in [5.41, 5.74) is 1.18. The standard InChI is InChI=1S/C41H54N2O11/c1-11-16-43-18-26-31-36(49)29-28(35(26)48)30-38(24(7)34(29)47)54-41(9,39(30)50)52-17-15-27(51-10)21(4)37(53-25(8)44)23(6)33(46)22(5)32(45)19(2)13-12-14-20(3)40(43)42-31/h12-15,17,19,21-23,27,32-33,37,45-49H,11,16,18H2,1-10H3/b13-12+,17-15-,20-14-. The summed E-state index contributed by atoms with van der Waals surface area (Å²) in [6.45, 7) is 15.9. The first-order valence-electron chi connectivity index (χ1n) is 18.5. The van der Waals surface area contributed by atoms with Crippen molar-refractivity contribution in [2.75, 3.05) is 13.7 Å². The molecule has 2 aromatic rings. The highest BCUT2D eigenvalue weighted by Gasteiger charge is 2.50. The molecule has 5 N–H and O–H groups in total. The van der Waals surface area contributed by atoms with Gasteiger partial charge in [0.05, 0.1) is 42.1 Å². The number of esters is 1. The van der Waals surface area contributed by atoms with Gasteiger partial charge >= 0.3 is 11.8 Å². The Morgan fingerprint density at radius 2 is 1.69 bits per heavy atom. The van der Waals surface area contributed by atoms with E-state index in [9.17, 15) is 35.1 Å². The van der Waals surface area contributed by atoms with Crippen molar-refractivity contribution in [3.63, 3.8) is 0 Å². The summed E-state index contributed by atoms with van der Waals surface area (Å²) in [5, 5.41) is 57.8. The highest BCUT2D eigenvalue weighted by Crippen LogP contribution is 2.56. The fourth-order valence-electron chi connectivity index (χ4n) is 7.93. The van der Waals surface area contributed by atoms with Crippen LogP contribution < -0.4 is 4.74 Å². The number of hydrogen-bond donors (Lipinski definition) is 5. The van der Waals surface area contributed by atoms with E-state index in [4.69, 9.17) is 23.9 Å². The number of ketones is 1. The molecule has 0 saturated heterocycles. The molecule has 0 aliphatic carbocycles. The van der Waals surface area contributed by atoms with Crippen LogP contribution in [0, 0.1) is 30.6 Å². The number of ether oxygens (including phenoxy) is 4.